The predicted molar refractivity (Wildman–Crippen MR) is 80.5 cm³/mol. The summed E-state index contributed by atoms with van der Waals surface area (Å²) >= 11 is 5.99. The summed E-state index contributed by atoms with van der Waals surface area (Å²) in [6.07, 6.45) is 0. The van der Waals surface area contributed by atoms with E-state index in [0.717, 1.165) is 0 Å². The summed E-state index contributed by atoms with van der Waals surface area (Å²) in [5.74, 6) is -1.03. The van der Waals surface area contributed by atoms with Crippen LogP contribution in [0.2, 0.25) is 5.02 Å². The molecular weight excluding hydrogens is 298 g/mol. The second-order valence-electron chi connectivity index (χ2n) is 4.29. The SMILES string of the molecule is CNCCN(C)C(=O)Nc1cc(OC)c(C(=O)O)cc1Cl. The molecule has 0 saturated carbocycles. The van der Waals surface area contributed by atoms with Crippen molar-refractivity contribution in [1.82, 2.24) is 10.2 Å². The third-order valence-corrected chi connectivity index (χ3v) is 3.12. The van der Waals surface area contributed by atoms with Gasteiger partial charge in [0.25, 0.3) is 0 Å². The van der Waals surface area contributed by atoms with Gasteiger partial charge >= 0.3 is 12.0 Å². The zero-order valence-corrected chi connectivity index (χ0v) is 12.8. The van der Waals surface area contributed by atoms with Crippen LogP contribution in [0.15, 0.2) is 12.1 Å². The van der Waals surface area contributed by atoms with Gasteiger partial charge in [-0.05, 0) is 13.1 Å². The van der Waals surface area contributed by atoms with Crippen molar-refractivity contribution in [3.63, 3.8) is 0 Å². The minimum absolute atomic E-state index is 0.0657. The van der Waals surface area contributed by atoms with Gasteiger partial charge in [0.05, 0.1) is 17.8 Å². The number of carboxylic acids is 1. The Bertz CT molecular complexity index is 536. The van der Waals surface area contributed by atoms with E-state index in [1.54, 1.807) is 14.1 Å². The van der Waals surface area contributed by atoms with Crippen LogP contribution >= 0.6 is 11.6 Å². The van der Waals surface area contributed by atoms with E-state index >= 15 is 0 Å². The smallest absolute Gasteiger partial charge is 0.339 e. The number of hydrogen-bond donors (Lipinski definition) is 3. The molecule has 0 bridgehead atoms. The Morgan fingerprint density at radius 2 is 2.10 bits per heavy atom. The predicted octanol–water partition coefficient (Wildman–Crippen LogP) is 1.73. The maximum atomic E-state index is 12.0. The molecule has 0 unspecified atom stereocenters. The molecule has 0 radical (unpaired) electrons. The minimum atomic E-state index is -1.15. The van der Waals surface area contributed by atoms with Crippen LogP contribution in [-0.4, -0.2) is 56.3 Å². The monoisotopic (exact) mass is 315 g/mol. The minimum Gasteiger partial charge on any atom is -0.496 e. The van der Waals surface area contributed by atoms with Gasteiger partial charge in [-0.3, -0.25) is 0 Å². The number of carbonyl (C=O) groups excluding carboxylic acids is 1. The normalized spacial score (nSPS) is 10.1. The van der Waals surface area contributed by atoms with Crippen molar-refractivity contribution >= 4 is 29.3 Å². The lowest BCUT2D eigenvalue weighted by molar-refractivity contribution is 0.0693. The van der Waals surface area contributed by atoms with Crippen LogP contribution in [0.1, 0.15) is 10.4 Å². The zero-order chi connectivity index (χ0) is 16.0. The van der Waals surface area contributed by atoms with Crippen molar-refractivity contribution in [3.8, 4) is 5.75 Å². The number of aromatic carboxylic acids is 1. The quantitative estimate of drug-likeness (QED) is 0.743. The Hall–Kier alpha value is -1.99. The first-order valence-corrected chi connectivity index (χ1v) is 6.56. The lowest BCUT2D eigenvalue weighted by Gasteiger charge is -2.19. The van der Waals surface area contributed by atoms with Gasteiger partial charge in [-0.2, -0.15) is 0 Å². The summed E-state index contributed by atoms with van der Waals surface area (Å²) in [4.78, 5) is 24.5. The number of carboxylic acid groups (broad SMARTS) is 1. The molecule has 0 fully saturated rings. The summed E-state index contributed by atoms with van der Waals surface area (Å²) in [5.41, 5.74) is 0.226. The number of likely N-dealkylation sites (N-methyl/N-ethyl adjacent to an activating group) is 2. The number of carbonyl (C=O) groups is 2. The third-order valence-electron chi connectivity index (χ3n) is 2.81. The molecule has 3 N–H and O–H groups in total. The number of ether oxygens (including phenoxy) is 1. The highest BCUT2D eigenvalue weighted by Crippen LogP contribution is 2.31. The van der Waals surface area contributed by atoms with Crippen LogP contribution in [0.5, 0.6) is 5.75 Å². The first-order chi connectivity index (χ1) is 9.90. The Morgan fingerprint density at radius 1 is 1.43 bits per heavy atom. The molecule has 1 aromatic carbocycles. The average Bonchev–Trinajstić information content (AvgIpc) is 2.45. The summed E-state index contributed by atoms with van der Waals surface area (Å²) in [6, 6.07) is 2.28. The summed E-state index contributed by atoms with van der Waals surface area (Å²) in [6.45, 7) is 1.17. The van der Waals surface area contributed by atoms with Crippen molar-refractivity contribution in [1.29, 1.82) is 0 Å². The Kier molecular flexibility index (Phi) is 6.26. The van der Waals surface area contributed by atoms with Gasteiger partial charge in [0.1, 0.15) is 11.3 Å². The molecule has 0 aliphatic rings. The number of nitrogens with zero attached hydrogens (tertiary/aromatic N) is 1. The molecule has 116 valence electrons. The highest BCUT2D eigenvalue weighted by molar-refractivity contribution is 6.34. The van der Waals surface area contributed by atoms with E-state index in [4.69, 9.17) is 21.4 Å². The van der Waals surface area contributed by atoms with Gasteiger partial charge in [0.15, 0.2) is 0 Å². The molecule has 0 saturated heterocycles. The second-order valence-corrected chi connectivity index (χ2v) is 4.70. The first kappa shape index (κ1) is 17.1. The van der Waals surface area contributed by atoms with E-state index in [1.807, 2.05) is 0 Å². The fourth-order valence-electron chi connectivity index (χ4n) is 1.58. The maximum Gasteiger partial charge on any atom is 0.339 e. The second kappa shape index (κ2) is 7.70. The molecule has 2 amide bonds. The van der Waals surface area contributed by atoms with Gasteiger partial charge < -0.3 is 25.4 Å². The fourth-order valence-corrected chi connectivity index (χ4v) is 1.79. The maximum absolute atomic E-state index is 12.0. The van der Waals surface area contributed by atoms with Crippen molar-refractivity contribution in [3.05, 3.63) is 22.7 Å². The number of benzene rings is 1. The van der Waals surface area contributed by atoms with E-state index < -0.39 is 5.97 Å². The molecule has 1 rings (SSSR count). The number of nitrogens with one attached hydrogen (secondary N) is 2. The van der Waals surface area contributed by atoms with Crippen LogP contribution in [0.4, 0.5) is 10.5 Å². The number of halogens is 1. The summed E-state index contributed by atoms with van der Waals surface area (Å²) in [7, 11) is 4.78. The lowest BCUT2D eigenvalue weighted by atomic mass is 10.2. The first-order valence-electron chi connectivity index (χ1n) is 6.18. The van der Waals surface area contributed by atoms with Crippen molar-refractivity contribution in [2.75, 3.05) is 39.6 Å². The zero-order valence-electron chi connectivity index (χ0n) is 12.1. The van der Waals surface area contributed by atoms with E-state index in [9.17, 15) is 9.59 Å². The Labute approximate surface area is 127 Å². The fraction of sp³-hybridized carbons (Fsp3) is 0.385. The van der Waals surface area contributed by atoms with Gasteiger partial charge in [0.2, 0.25) is 0 Å². The lowest BCUT2D eigenvalue weighted by Crippen LogP contribution is -2.36. The topological polar surface area (TPSA) is 90.9 Å². The number of anilines is 1. The van der Waals surface area contributed by atoms with Gasteiger partial charge in [-0.25, -0.2) is 9.59 Å². The average molecular weight is 316 g/mol. The largest absolute Gasteiger partial charge is 0.496 e. The van der Waals surface area contributed by atoms with E-state index in [2.05, 4.69) is 10.6 Å². The van der Waals surface area contributed by atoms with E-state index in [-0.39, 0.29) is 22.4 Å². The van der Waals surface area contributed by atoms with E-state index in [1.165, 1.54) is 24.1 Å². The number of methoxy groups -OCH3 is 1. The molecule has 7 nitrogen and oxygen atoms in total. The number of urea groups is 1. The van der Waals surface area contributed by atoms with Crippen molar-refractivity contribution < 1.29 is 19.4 Å². The highest BCUT2D eigenvalue weighted by Gasteiger charge is 2.17. The van der Waals surface area contributed by atoms with Crippen molar-refractivity contribution in [2.45, 2.75) is 0 Å². The summed E-state index contributed by atoms with van der Waals surface area (Å²) in [5, 5.41) is 14.7. The highest BCUT2D eigenvalue weighted by atomic mass is 35.5. The molecule has 0 atom stereocenters. The van der Waals surface area contributed by atoms with Crippen LogP contribution in [-0.2, 0) is 0 Å². The van der Waals surface area contributed by atoms with Crippen LogP contribution in [0.3, 0.4) is 0 Å². The molecule has 8 heteroatoms. The molecule has 0 spiro atoms. The Balaban J connectivity index is 2.93. The molecule has 0 aliphatic carbocycles. The van der Waals surface area contributed by atoms with Crippen LogP contribution in [0.25, 0.3) is 0 Å². The van der Waals surface area contributed by atoms with Gasteiger partial charge in [0, 0.05) is 26.2 Å². The standard InChI is InChI=1S/C13H18ClN3O4/c1-15-4-5-17(2)13(20)16-10-7-11(21-3)8(12(18)19)6-9(10)14/h6-7,15H,4-5H2,1-3H3,(H,16,20)(H,18,19). The van der Waals surface area contributed by atoms with Crippen LogP contribution < -0.4 is 15.4 Å². The number of hydrogen-bond acceptors (Lipinski definition) is 4. The third kappa shape index (κ3) is 4.51. The van der Waals surface area contributed by atoms with Crippen molar-refractivity contribution in [2.24, 2.45) is 0 Å². The summed E-state index contributed by atoms with van der Waals surface area (Å²) < 4.78 is 4.99. The molecule has 0 aliphatic heterocycles. The molecule has 0 heterocycles. The number of amides is 2. The molecular formula is C13H18ClN3O4. The molecule has 0 aromatic heterocycles. The van der Waals surface area contributed by atoms with Gasteiger partial charge in [-0.15, -0.1) is 0 Å². The van der Waals surface area contributed by atoms with E-state index in [0.29, 0.717) is 18.8 Å². The molecule has 1 aromatic rings. The Morgan fingerprint density at radius 3 is 2.62 bits per heavy atom. The van der Waals surface area contributed by atoms with Crippen LogP contribution in [0, 0.1) is 0 Å². The number of rotatable bonds is 6. The molecule has 21 heavy (non-hydrogen) atoms. The van der Waals surface area contributed by atoms with Gasteiger partial charge in [-0.1, -0.05) is 11.6 Å².